The summed E-state index contributed by atoms with van der Waals surface area (Å²) in [6, 6.07) is 10.5. The maximum absolute atomic E-state index is 3.18. The molecule has 0 amide bonds. The molecule has 2 rings (SSSR count). The molecule has 68 valence electrons. The van der Waals surface area contributed by atoms with Gasteiger partial charge in [-0.25, -0.2) is 4.98 Å². The first kappa shape index (κ1) is 9.72. The van der Waals surface area contributed by atoms with Crippen LogP contribution in [0.1, 0.15) is 19.4 Å². The lowest BCUT2D eigenvalue weighted by Gasteiger charge is -1.91. The minimum absolute atomic E-state index is 1.19. The lowest BCUT2D eigenvalue weighted by atomic mass is 10.1. The van der Waals surface area contributed by atoms with Crippen LogP contribution in [-0.4, -0.2) is 0 Å². The highest BCUT2D eigenvalue weighted by molar-refractivity contribution is 5.75. The van der Waals surface area contributed by atoms with Gasteiger partial charge in [-0.05, 0) is 19.1 Å². The number of hydrogen-bond donors (Lipinski definition) is 0. The Balaban J connectivity index is 0.000000396. The van der Waals surface area contributed by atoms with Gasteiger partial charge in [0.05, 0.1) is 0 Å². The van der Waals surface area contributed by atoms with E-state index in [1.807, 2.05) is 26.1 Å². The molecular formula is C12H16N+. The van der Waals surface area contributed by atoms with Crippen molar-refractivity contribution >= 4 is 10.9 Å². The van der Waals surface area contributed by atoms with E-state index in [0.717, 1.165) is 0 Å². The maximum atomic E-state index is 3.18. The van der Waals surface area contributed by atoms with Crippen molar-refractivity contribution < 1.29 is 4.98 Å². The molecule has 0 atom stereocenters. The molecule has 0 fully saturated rings. The van der Waals surface area contributed by atoms with Crippen LogP contribution in [0.3, 0.4) is 0 Å². The monoisotopic (exact) mass is 174 g/mol. The number of rotatable bonds is 0. The number of aryl methyl sites for hydroxylation is 1. The number of hydrogen-bond acceptors (Lipinski definition) is 0. The smallest absolute Gasteiger partial charge is 0.210 e. The van der Waals surface area contributed by atoms with Crippen molar-refractivity contribution in [3.05, 3.63) is 42.1 Å². The second-order valence-electron chi connectivity index (χ2n) is 2.76. The predicted octanol–water partition coefficient (Wildman–Crippen LogP) is 2.99. The van der Waals surface area contributed by atoms with Crippen LogP contribution < -0.4 is 4.98 Å². The zero-order valence-corrected chi connectivity index (χ0v) is 8.46. The number of aromatic nitrogens is 1. The average molecular weight is 174 g/mol. The van der Waals surface area contributed by atoms with Crippen LogP contribution in [0, 0.1) is 6.92 Å². The fourth-order valence-corrected chi connectivity index (χ4v) is 1.24. The molecule has 1 nitrogen and oxygen atoms in total. The summed E-state index contributed by atoms with van der Waals surface area (Å²) in [5, 5.41) is 1.27. The third-order valence-corrected chi connectivity index (χ3v) is 1.82. The fourth-order valence-electron chi connectivity index (χ4n) is 1.24. The third kappa shape index (κ3) is 2.28. The van der Waals surface area contributed by atoms with Gasteiger partial charge in [-0.2, -0.15) is 0 Å². The SMILES string of the molecule is CC.Cc1ccc2[nH+]cccc2c1. The van der Waals surface area contributed by atoms with Crippen molar-refractivity contribution in [2.45, 2.75) is 20.8 Å². The van der Waals surface area contributed by atoms with Crippen molar-refractivity contribution in [1.29, 1.82) is 0 Å². The van der Waals surface area contributed by atoms with Crippen LogP contribution in [0.2, 0.25) is 0 Å². The van der Waals surface area contributed by atoms with E-state index < -0.39 is 0 Å². The second kappa shape index (κ2) is 4.61. The van der Waals surface area contributed by atoms with Crippen molar-refractivity contribution in [3.8, 4) is 0 Å². The predicted molar refractivity (Wildman–Crippen MR) is 56.6 cm³/mol. The highest BCUT2D eigenvalue weighted by atomic mass is 14.6. The average Bonchev–Trinajstić information content (AvgIpc) is 2.21. The number of H-pyrrole nitrogens is 1. The quantitative estimate of drug-likeness (QED) is 0.583. The molecule has 1 aromatic carbocycles. The molecular weight excluding hydrogens is 158 g/mol. The summed E-state index contributed by atoms with van der Waals surface area (Å²) >= 11 is 0. The minimum Gasteiger partial charge on any atom is -0.211 e. The fraction of sp³-hybridized carbons (Fsp3) is 0.250. The third-order valence-electron chi connectivity index (χ3n) is 1.82. The molecule has 0 radical (unpaired) electrons. The van der Waals surface area contributed by atoms with Crippen LogP contribution in [0.25, 0.3) is 10.9 Å². The molecule has 1 heterocycles. The van der Waals surface area contributed by atoms with Crippen molar-refractivity contribution in [2.24, 2.45) is 0 Å². The van der Waals surface area contributed by atoms with Crippen molar-refractivity contribution in [1.82, 2.24) is 0 Å². The Hall–Kier alpha value is -1.37. The lowest BCUT2D eigenvalue weighted by Crippen LogP contribution is -2.00. The van der Waals surface area contributed by atoms with Gasteiger partial charge in [0.25, 0.3) is 0 Å². The Morgan fingerprint density at radius 3 is 2.62 bits per heavy atom. The summed E-state index contributed by atoms with van der Waals surface area (Å²) in [7, 11) is 0. The molecule has 0 bridgehead atoms. The Kier molecular flexibility index (Phi) is 3.44. The first-order valence-electron chi connectivity index (χ1n) is 4.73. The first-order chi connectivity index (χ1) is 6.36. The molecule has 2 aromatic rings. The van der Waals surface area contributed by atoms with Crippen molar-refractivity contribution in [3.63, 3.8) is 0 Å². The molecule has 0 saturated carbocycles. The lowest BCUT2D eigenvalue weighted by molar-refractivity contribution is -0.344. The molecule has 0 aliphatic rings. The van der Waals surface area contributed by atoms with Gasteiger partial charge in [0.2, 0.25) is 5.52 Å². The minimum atomic E-state index is 1.19. The largest absolute Gasteiger partial charge is 0.211 e. The van der Waals surface area contributed by atoms with E-state index in [2.05, 4.69) is 36.2 Å². The molecule has 1 N–H and O–H groups in total. The highest BCUT2D eigenvalue weighted by Crippen LogP contribution is 2.09. The molecule has 0 spiro atoms. The molecule has 0 saturated heterocycles. The van der Waals surface area contributed by atoms with Crippen LogP contribution in [0.15, 0.2) is 36.5 Å². The first-order valence-corrected chi connectivity index (χ1v) is 4.73. The van der Waals surface area contributed by atoms with E-state index in [1.54, 1.807) is 0 Å². The van der Waals surface area contributed by atoms with Gasteiger partial charge >= 0.3 is 0 Å². The molecule has 0 aliphatic carbocycles. The summed E-state index contributed by atoms with van der Waals surface area (Å²) in [6.07, 6.45) is 1.94. The zero-order chi connectivity index (χ0) is 9.68. The summed E-state index contributed by atoms with van der Waals surface area (Å²) in [4.78, 5) is 3.18. The van der Waals surface area contributed by atoms with Crippen LogP contribution in [-0.2, 0) is 0 Å². The van der Waals surface area contributed by atoms with E-state index in [0.29, 0.717) is 0 Å². The van der Waals surface area contributed by atoms with Gasteiger partial charge in [-0.1, -0.05) is 25.5 Å². The van der Waals surface area contributed by atoms with Crippen molar-refractivity contribution in [2.75, 3.05) is 0 Å². The molecule has 0 aliphatic heterocycles. The number of aromatic amines is 1. The van der Waals surface area contributed by atoms with E-state index in [9.17, 15) is 0 Å². The number of nitrogens with one attached hydrogen (secondary N) is 1. The van der Waals surface area contributed by atoms with Crippen LogP contribution >= 0.6 is 0 Å². The van der Waals surface area contributed by atoms with Gasteiger partial charge in [-0.3, -0.25) is 0 Å². The summed E-state index contributed by atoms with van der Waals surface area (Å²) in [5.41, 5.74) is 2.50. The normalized spacial score (nSPS) is 9.15. The Labute approximate surface area is 79.4 Å². The molecule has 1 heteroatoms. The highest BCUT2D eigenvalue weighted by Gasteiger charge is 1.96. The van der Waals surface area contributed by atoms with Gasteiger partial charge in [0, 0.05) is 17.5 Å². The Morgan fingerprint density at radius 1 is 1.08 bits per heavy atom. The molecule has 1 aromatic heterocycles. The Morgan fingerprint density at radius 2 is 1.85 bits per heavy atom. The Bertz CT molecular complexity index is 380. The van der Waals surface area contributed by atoms with E-state index >= 15 is 0 Å². The topological polar surface area (TPSA) is 14.1 Å². The summed E-state index contributed by atoms with van der Waals surface area (Å²) < 4.78 is 0. The molecule has 13 heavy (non-hydrogen) atoms. The number of benzene rings is 1. The van der Waals surface area contributed by atoms with Gasteiger partial charge in [0.15, 0.2) is 6.20 Å². The number of pyridine rings is 1. The molecule has 0 unspecified atom stereocenters. The maximum Gasteiger partial charge on any atom is 0.210 e. The van der Waals surface area contributed by atoms with Gasteiger partial charge in [-0.15, -0.1) is 0 Å². The van der Waals surface area contributed by atoms with E-state index in [1.165, 1.54) is 16.5 Å². The zero-order valence-electron chi connectivity index (χ0n) is 8.46. The van der Waals surface area contributed by atoms with Gasteiger partial charge < -0.3 is 0 Å². The van der Waals surface area contributed by atoms with Crippen LogP contribution in [0.5, 0.6) is 0 Å². The standard InChI is InChI=1S/C10H9N.C2H6/c1-8-4-5-10-9(7-8)3-2-6-11-10;1-2/h2-7H,1H3;1-2H3/p+1. The number of fused-ring (bicyclic) bond motifs is 1. The summed E-state index contributed by atoms with van der Waals surface area (Å²) in [6.45, 7) is 6.10. The van der Waals surface area contributed by atoms with Gasteiger partial charge in [0.1, 0.15) is 0 Å². The van der Waals surface area contributed by atoms with E-state index in [-0.39, 0.29) is 0 Å². The van der Waals surface area contributed by atoms with Crippen LogP contribution in [0.4, 0.5) is 0 Å². The van der Waals surface area contributed by atoms with E-state index in [4.69, 9.17) is 0 Å². The second-order valence-corrected chi connectivity index (χ2v) is 2.76. The summed E-state index contributed by atoms with van der Waals surface area (Å²) in [5.74, 6) is 0.